The normalized spacial score (nSPS) is 12.4. The van der Waals surface area contributed by atoms with E-state index in [4.69, 9.17) is 13.9 Å². The molecule has 98 valence electrons. The molecule has 0 saturated heterocycles. The van der Waals surface area contributed by atoms with Crippen molar-refractivity contribution in [2.24, 2.45) is 0 Å². The Kier molecular flexibility index (Phi) is 9.16. The highest BCUT2D eigenvalue weighted by Crippen LogP contribution is 2.13. The second-order valence-corrected chi connectivity index (χ2v) is 8.83. The van der Waals surface area contributed by atoms with Crippen molar-refractivity contribution in [3.8, 4) is 0 Å². The highest BCUT2D eigenvalue weighted by Gasteiger charge is 2.21. The molecule has 0 aromatic rings. The summed E-state index contributed by atoms with van der Waals surface area (Å²) in [6.07, 6.45) is 1.14. The number of hydrogen-bond donors (Lipinski definition) is 0. The summed E-state index contributed by atoms with van der Waals surface area (Å²) in [5.74, 6) is 0. The molecule has 4 nitrogen and oxygen atoms in total. The quantitative estimate of drug-likeness (QED) is 0.438. The molecule has 0 aromatic carbocycles. The minimum absolute atomic E-state index is 0.629. The molecule has 0 bridgehead atoms. The zero-order valence-electron chi connectivity index (χ0n) is 11.4. The van der Waals surface area contributed by atoms with Crippen LogP contribution in [0.4, 0.5) is 0 Å². The van der Waals surface area contributed by atoms with Gasteiger partial charge in [-0.3, -0.25) is 4.90 Å². The van der Waals surface area contributed by atoms with Crippen molar-refractivity contribution in [2.45, 2.75) is 32.5 Å². The molecule has 0 saturated carbocycles. The number of methoxy groups -OCH3 is 2. The largest absolute Gasteiger partial charge is 0.418 e. The molecule has 0 atom stereocenters. The fourth-order valence-electron chi connectivity index (χ4n) is 1.72. The first-order valence-corrected chi connectivity index (χ1v) is 9.01. The van der Waals surface area contributed by atoms with E-state index in [1.54, 1.807) is 14.2 Å². The maximum absolute atomic E-state index is 5.79. The number of ether oxygens (including phenoxy) is 2. The summed E-state index contributed by atoms with van der Waals surface area (Å²) < 4.78 is 16.0. The molecule has 16 heavy (non-hydrogen) atoms. The summed E-state index contributed by atoms with van der Waals surface area (Å²) in [6.45, 7) is 9.71. The lowest BCUT2D eigenvalue weighted by Gasteiger charge is -2.24. The van der Waals surface area contributed by atoms with Crippen LogP contribution in [-0.2, 0) is 13.9 Å². The smallest absolute Gasteiger partial charge is 0.186 e. The third kappa shape index (κ3) is 8.24. The van der Waals surface area contributed by atoms with Gasteiger partial charge in [-0.2, -0.15) is 0 Å². The lowest BCUT2D eigenvalue weighted by molar-refractivity contribution is -0.0132. The van der Waals surface area contributed by atoms with Gasteiger partial charge in [-0.25, -0.2) is 0 Å². The number of rotatable bonds is 10. The molecule has 0 aliphatic carbocycles. The topological polar surface area (TPSA) is 30.9 Å². The third-order valence-electron chi connectivity index (χ3n) is 2.41. The van der Waals surface area contributed by atoms with Crippen LogP contribution >= 0.6 is 0 Å². The molecule has 0 amide bonds. The fourth-order valence-corrected chi connectivity index (χ4v) is 3.66. The maximum Gasteiger partial charge on any atom is 0.186 e. The molecule has 0 aliphatic rings. The SMILES string of the molecule is CCO[Si](C)(C)CCCN(COC)COC. The average Bonchev–Trinajstić information content (AvgIpc) is 2.18. The Morgan fingerprint density at radius 2 is 1.62 bits per heavy atom. The first-order chi connectivity index (χ1) is 7.55. The Morgan fingerprint density at radius 1 is 1.06 bits per heavy atom. The lowest BCUT2D eigenvalue weighted by atomic mass is 10.4. The van der Waals surface area contributed by atoms with E-state index in [-0.39, 0.29) is 0 Å². The summed E-state index contributed by atoms with van der Waals surface area (Å²) in [6, 6.07) is 1.19. The second kappa shape index (κ2) is 9.12. The van der Waals surface area contributed by atoms with Crippen molar-refractivity contribution < 1.29 is 13.9 Å². The molecular weight excluding hydrogens is 222 g/mol. The fraction of sp³-hybridized carbons (Fsp3) is 1.00. The molecule has 0 N–H and O–H groups in total. The predicted octanol–water partition coefficient (Wildman–Crippen LogP) is 2.13. The van der Waals surface area contributed by atoms with E-state index >= 15 is 0 Å². The van der Waals surface area contributed by atoms with Crippen molar-refractivity contribution in [1.29, 1.82) is 0 Å². The minimum atomic E-state index is -1.42. The monoisotopic (exact) mass is 249 g/mol. The third-order valence-corrected chi connectivity index (χ3v) is 5.04. The molecule has 0 aliphatic heterocycles. The van der Waals surface area contributed by atoms with Crippen LogP contribution in [0, 0.1) is 0 Å². The van der Waals surface area contributed by atoms with Gasteiger partial charge in [0.05, 0.1) is 0 Å². The average molecular weight is 249 g/mol. The van der Waals surface area contributed by atoms with Gasteiger partial charge >= 0.3 is 0 Å². The van der Waals surface area contributed by atoms with Gasteiger partial charge < -0.3 is 13.9 Å². The summed E-state index contributed by atoms with van der Waals surface area (Å²) in [4.78, 5) is 2.15. The minimum Gasteiger partial charge on any atom is -0.418 e. The highest BCUT2D eigenvalue weighted by atomic mass is 28.4. The molecule has 0 fully saturated rings. The predicted molar refractivity (Wildman–Crippen MR) is 69.0 cm³/mol. The van der Waals surface area contributed by atoms with Crippen molar-refractivity contribution in [1.82, 2.24) is 4.90 Å². The van der Waals surface area contributed by atoms with Crippen LogP contribution < -0.4 is 0 Å². The molecule has 0 heterocycles. The zero-order valence-corrected chi connectivity index (χ0v) is 12.4. The van der Waals surface area contributed by atoms with Crippen LogP contribution in [0.5, 0.6) is 0 Å². The van der Waals surface area contributed by atoms with Gasteiger partial charge in [-0.05, 0) is 32.5 Å². The summed E-state index contributed by atoms with van der Waals surface area (Å²) in [5.41, 5.74) is 0. The maximum atomic E-state index is 5.79. The van der Waals surface area contributed by atoms with Crippen molar-refractivity contribution in [3.63, 3.8) is 0 Å². The molecule has 0 spiro atoms. The summed E-state index contributed by atoms with van der Waals surface area (Å²) in [5, 5.41) is 0. The van der Waals surface area contributed by atoms with Crippen molar-refractivity contribution in [3.05, 3.63) is 0 Å². The van der Waals surface area contributed by atoms with Gasteiger partial charge in [0, 0.05) is 27.4 Å². The first-order valence-electron chi connectivity index (χ1n) is 5.90. The second-order valence-electron chi connectivity index (χ2n) is 4.53. The standard InChI is InChI=1S/C11H27NO3Si/c1-6-15-16(4,5)9-7-8-12(10-13-2)11-14-3/h6-11H2,1-5H3. The van der Waals surface area contributed by atoms with Crippen LogP contribution in [0.15, 0.2) is 0 Å². The van der Waals surface area contributed by atoms with Crippen LogP contribution in [0.2, 0.25) is 19.1 Å². The molecular formula is C11H27NO3Si. The molecule has 0 radical (unpaired) electrons. The first kappa shape index (κ1) is 16.1. The van der Waals surface area contributed by atoms with Gasteiger partial charge in [0.1, 0.15) is 13.5 Å². The van der Waals surface area contributed by atoms with Gasteiger partial charge in [0.15, 0.2) is 8.32 Å². The van der Waals surface area contributed by atoms with Crippen LogP contribution in [-0.4, -0.2) is 54.1 Å². The highest BCUT2D eigenvalue weighted by molar-refractivity contribution is 6.71. The van der Waals surface area contributed by atoms with E-state index in [9.17, 15) is 0 Å². The van der Waals surface area contributed by atoms with E-state index in [2.05, 4.69) is 24.9 Å². The summed E-state index contributed by atoms with van der Waals surface area (Å²) in [7, 11) is 2.00. The zero-order chi connectivity index (χ0) is 12.4. The molecule has 0 rings (SSSR count). The summed E-state index contributed by atoms with van der Waals surface area (Å²) >= 11 is 0. The van der Waals surface area contributed by atoms with E-state index in [0.717, 1.165) is 19.6 Å². The van der Waals surface area contributed by atoms with Crippen LogP contribution in [0.1, 0.15) is 13.3 Å². The number of nitrogens with zero attached hydrogens (tertiary/aromatic N) is 1. The van der Waals surface area contributed by atoms with Crippen LogP contribution in [0.25, 0.3) is 0 Å². The van der Waals surface area contributed by atoms with E-state index in [1.807, 2.05) is 0 Å². The Labute approximate surface area is 101 Å². The van der Waals surface area contributed by atoms with Gasteiger partial charge in [-0.15, -0.1) is 0 Å². The van der Waals surface area contributed by atoms with E-state index < -0.39 is 8.32 Å². The Morgan fingerprint density at radius 3 is 2.06 bits per heavy atom. The Balaban J connectivity index is 3.75. The number of hydrogen-bond acceptors (Lipinski definition) is 4. The molecule has 0 aromatic heterocycles. The van der Waals surface area contributed by atoms with E-state index in [1.165, 1.54) is 6.04 Å². The van der Waals surface area contributed by atoms with Gasteiger partial charge in [0.25, 0.3) is 0 Å². The van der Waals surface area contributed by atoms with Crippen LogP contribution in [0.3, 0.4) is 0 Å². The van der Waals surface area contributed by atoms with Gasteiger partial charge in [0.2, 0.25) is 0 Å². The van der Waals surface area contributed by atoms with Gasteiger partial charge in [-0.1, -0.05) is 0 Å². The molecule has 5 heteroatoms. The Hall–Kier alpha value is 0.0569. The Bertz CT molecular complexity index is 161. The van der Waals surface area contributed by atoms with E-state index in [0.29, 0.717) is 13.5 Å². The molecule has 0 unspecified atom stereocenters. The van der Waals surface area contributed by atoms with Crippen molar-refractivity contribution in [2.75, 3.05) is 40.8 Å². The van der Waals surface area contributed by atoms with Crippen molar-refractivity contribution >= 4 is 8.32 Å². The lowest BCUT2D eigenvalue weighted by Crippen LogP contribution is -2.33.